The van der Waals surface area contributed by atoms with Crippen molar-refractivity contribution in [1.82, 2.24) is 19.5 Å². The third-order valence-electron chi connectivity index (χ3n) is 2.45. The molecule has 70 valence electrons. The van der Waals surface area contributed by atoms with Crippen LogP contribution in [-0.4, -0.2) is 19.5 Å². The van der Waals surface area contributed by atoms with Crippen LogP contribution in [0.4, 0.5) is 5.95 Å². The Morgan fingerprint density at radius 2 is 2.36 bits per heavy atom. The molecule has 0 aromatic carbocycles. The van der Waals surface area contributed by atoms with Gasteiger partial charge in [0.15, 0.2) is 0 Å². The summed E-state index contributed by atoms with van der Waals surface area (Å²) in [5, 5.41) is 1.05. The molecule has 3 rings (SSSR count). The third kappa shape index (κ3) is 0.736. The van der Waals surface area contributed by atoms with Crippen molar-refractivity contribution in [2.75, 3.05) is 5.73 Å². The van der Waals surface area contributed by atoms with Crippen LogP contribution in [0.3, 0.4) is 0 Å². The lowest BCUT2D eigenvalue weighted by Crippen LogP contribution is -1.96. The molecule has 3 heterocycles. The smallest absolute Gasteiger partial charge is 0.201 e. The molecule has 5 nitrogen and oxygen atoms in total. The maximum absolute atomic E-state index is 5.73. The van der Waals surface area contributed by atoms with Crippen molar-refractivity contribution in [3.63, 3.8) is 0 Å². The van der Waals surface area contributed by atoms with Crippen LogP contribution in [-0.2, 0) is 7.05 Å². The number of aromatic nitrogens is 4. The molecule has 0 saturated carbocycles. The Hall–Kier alpha value is -2.04. The van der Waals surface area contributed by atoms with Crippen molar-refractivity contribution in [1.29, 1.82) is 0 Å². The first kappa shape index (κ1) is 7.37. The number of aryl methyl sites for hydroxylation is 1. The van der Waals surface area contributed by atoms with E-state index in [0.29, 0.717) is 5.95 Å². The average molecular weight is 187 g/mol. The molecule has 0 fully saturated rings. The van der Waals surface area contributed by atoms with Crippen LogP contribution in [0.25, 0.3) is 22.1 Å². The molecule has 0 amide bonds. The number of imidazole rings is 1. The van der Waals surface area contributed by atoms with Gasteiger partial charge in [-0.05, 0) is 6.07 Å². The normalized spacial score (nSPS) is 11.5. The lowest BCUT2D eigenvalue weighted by atomic mass is 10.3. The summed E-state index contributed by atoms with van der Waals surface area (Å²) < 4.78 is 1.87. The summed E-state index contributed by atoms with van der Waals surface area (Å²) in [6.07, 6.45) is 3.59. The molecular weight excluding hydrogens is 178 g/mol. The van der Waals surface area contributed by atoms with Gasteiger partial charge < -0.3 is 15.3 Å². The number of nitrogens with one attached hydrogen (secondary N) is 1. The molecule has 0 bridgehead atoms. The highest BCUT2D eigenvalue weighted by Crippen LogP contribution is 2.23. The molecule has 0 radical (unpaired) electrons. The molecular formula is C9H9N5. The summed E-state index contributed by atoms with van der Waals surface area (Å²) in [5.41, 5.74) is 8.44. The fourth-order valence-electron chi connectivity index (χ4n) is 1.73. The van der Waals surface area contributed by atoms with Crippen molar-refractivity contribution in [3.05, 3.63) is 18.5 Å². The van der Waals surface area contributed by atoms with E-state index in [2.05, 4.69) is 15.0 Å². The van der Waals surface area contributed by atoms with Gasteiger partial charge in [-0.3, -0.25) is 0 Å². The fourth-order valence-corrected chi connectivity index (χ4v) is 1.73. The quantitative estimate of drug-likeness (QED) is 0.552. The minimum Gasteiger partial charge on any atom is -0.369 e. The van der Waals surface area contributed by atoms with Crippen LogP contribution in [0.5, 0.6) is 0 Å². The van der Waals surface area contributed by atoms with Gasteiger partial charge in [0.25, 0.3) is 0 Å². The number of hydrogen-bond acceptors (Lipinski definition) is 3. The highest BCUT2D eigenvalue weighted by atomic mass is 15.1. The maximum atomic E-state index is 5.73. The van der Waals surface area contributed by atoms with E-state index in [1.165, 1.54) is 0 Å². The first-order valence-electron chi connectivity index (χ1n) is 4.31. The molecule has 0 saturated heterocycles. The zero-order valence-electron chi connectivity index (χ0n) is 7.65. The number of nitrogen functional groups attached to an aromatic ring is 1. The molecule has 0 spiro atoms. The zero-order valence-corrected chi connectivity index (χ0v) is 7.65. The summed E-state index contributed by atoms with van der Waals surface area (Å²) in [6.45, 7) is 0. The van der Waals surface area contributed by atoms with Crippen molar-refractivity contribution >= 4 is 28.0 Å². The first-order valence-corrected chi connectivity index (χ1v) is 4.31. The van der Waals surface area contributed by atoms with Crippen LogP contribution in [0, 0.1) is 0 Å². The topological polar surface area (TPSA) is 72.5 Å². The zero-order chi connectivity index (χ0) is 9.71. The van der Waals surface area contributed by atoms with Gasteiger partial charge in [0, 0.05) is 18.6 Å². The standard InChI is InChI=1S/C9H9N5/c1-14-7-5-2-3-11-8(5)12-4-6(7)13-9(14)10/h2-4H,1H3,(H2,10,13)(H,11,12). The number of hydrogen-bond donors (Lipinski definition) is 2. The molecule has 0 aliphatic carbocycles. The van der Waals surface area contributed by atoms with Gasteiger partial charge in [0.05, 0.1) is 11.7 Å². The molecule has 0 aliphatic rings. The van der Waals surface area contributed by atoms with Gasteiger partial charge >= 0.3 is 0 Å². The molecule has 3 aromatic heterocycles. The van der Waals surface area contributed by atoms with E-state index in [-0.39, 0.29) is 0 Å². The number of pyridine rings is 1. The number of fused-ring (bicyclic) bond motifs is 3. The summed E-state index contributed by atoms with van der Waals surface area (Å²) in [5.74, 6) is 0.510. The van der Waals surface area contributed by atoms with E-state index < -0.39 is 0 Å². The van der Waals surface area contributed by atoms with E-state index in [0.717, 1.165) is 22.1 Å². The number of nitrogens with zero attached hydrogens (tertiary/aromatic N) is 3. The molecule has 0 aliphatic heterocycles. The number of rotatable bonds is 0. The summed E-state index contributed by atoms with van der Waals surface area (Å²) in [6, 6.07) is 1.98. The SMILES string of the molecule is Cn1c(N)nc2cnc3[nH]ccc3c21. The fraction of sp³-hybridized carbons (Fsp3) is 0.111. The van der Waals surface area contributed by atoms with E-state index in [1.807, 2.05) is 23.9 Å². The minimum absolute atomic E-state index is 0.510. The Bertz CT molecular complexity index is 618. The summed E-state index contributed by atoms with van der Waals surface area (Å²) in [7, 11) is 1.90. The molecule has 5 heteroatoms. The number of nitrogens with two attached hydrogens (primary N) is 1. The van der Waals surface area contributed by atoms with E-state index in [4.69, 9.17) is 5.73 Å². The monoisotopic (exact) mass is 187 g/mol. The molecule has 3 N–H and O–H groups in total. The van der Waals surface area contributed by atoms with Gasteiger partial charge in [0.2, 0.25) is 5.95 Å². The van der Waals surface area contributed by atoms with Crippen LogP contribution >= 0.6 is 0 Å². The molecule has 14 heavy (non-hydrogen) atoms. The Kier molecular flexibility index (Phi) is 1.19. The van der Waals surface area contributed by atoms with Gasteiger partial charge in [-0.1, -0.05) is 0 Å². The van der Waals surface area contributed by atoms with Gasteiger partial charge in [-0.25, -0.2) is 9.97 Å². The van der Waals surface area contributed by atoms with E-state index in [1.54, 1.807) is 6.20 Å². The van der Waals surface area contributed by atoms with Crippen molar-refractivity contribution in [3.8, 4) is 0 Å². The molecule has 0 unspecified atom stereocenters. The lowest BCUT2D eigenvalue weighted by molar-refractivity contribution is 0.968. The summed E-state index contributed by atoms with van der Waals surface area (Å²) >= 11 is 0. The van der Waals surface area contributed by atoms with Crippen molar-refractivity contribution < 1.29 is 0 Å². The second-order valence-corrected chi connectivity index (χ2v) is 3.26. The van der Waals surface area contributed by atoms with Crippen LogP contribution in [0.1, 0.15) is 0 Å². The van der Waals surface area contributed by atoms with E-state index in [9.17, 15) is 0 Å². The lowest BCUT2D eigenvalue weighted by Gasteiger charge is -1.96. The Balaban J connectivity index is 2.66. The highest BCUT2D eigenvalue weighted by Gasteiger charge is 2.09. The number of anilines is 1. The third-order valence-corrected chi connectivity index (χ3v) is 2.45. The first-order chi connectivity index (χ1) is 6.77. The summed E-state index contributed by atoms with van der Waals surface area (Å²) in [4.78, 5) is 11.5. The maximum Gasteiger partial charge on any atom is 0.201 e. The second kappa shape index (κ2) is 2.25. The Labute approximate surface area is 79.6 Å². The van der Waals surface area contributed by atoms with E-state index >= 15 is 0 Å². The van der Waals surface area contributed by atoms with Crippen molar-refractivity contribution in [2.45, 2.75) is 0 Å². The van der Waals surface area contributed by atoms with Gasteiger partial charge in [0.1, 0.15) is 11.2 Å². The van der Waals surface area contributed by atoms with Crippen LogP contribution in [0.15, 0.2) is 18.5 Å². The second-order valence-electron chi connectivity index (χ2n) is 3.26. The average Bonchev–Trinajstić information content (AvgIpc) is 2.72. The minimum atomic E-state index is 0.510. The largest absolute Gasteiger partial charge is 0.369 e. The Morgan fingerprint density at radius 3 is 3.21 bits per heavy atom. The van der Waals surface area contributed by atoms with Gasteiger partial charge in [-0.2, -0.15) is 0 Å². The predicted molar refractivity (Wildman–Crippen MR) is 54.8 cm³/mol. The molecule has 3 aromatic rings. The molecule has 0 atom stereocenters. The van der Waals surface area contributed by atoms with Gasteiger partial charge in [-0.15, -0.1) is 0 Å². The predicted octanol–water partition coefficient (Wildman–Crippen LogP) is 1.03. The van der Waals surface area contributed by atoms with Crippen molar-refractivity contribution in [2.24, 2.45) is 7.05 Å². The number of H-pyrrole nitrogens is 1. The Morgan fingerprint density at radius 1 is 1.50 bits per heavy atom. The van der Waals surface area contributed by atoms with Crippen LogP contribution in [0.2, 0.25) is 0 Å². The van der Waals surface area contributed by atoms with Crippen LogP contribution < -0.4 is 5.73 Å². The number of aromatic amines is 1. The highest BCUT2D eigenvalue weighted by molar-refractivity contribution is 6.01.